The van der Waals surface area contributed by atoms with Crippen LogP contribution in [0, 0.1) is 0 Å². The quantitative estimate of drug-likeness (QED) is 0.265. The molecule has 0 saturated carbocycles. The molecule has 0 spiro atoms. The van der Waals surface area contributed by atoms with Crippen molar-refractivity contribution in [2.45, 2.75) is 6.42 Å². The first kappa shape index (κ1) is 19.7. The Balaban J connectivity index is 1.69. The van der Waals surface area contributed by atoms with E-state index in [9.17, 15) is 14.7 Å². The number of hydrogen-bond acceptors (Lipinski definition) is 7. The minimum atomic E-state index is -0.866. The highest BCUT2D eigenvalue weighted by Crippen LogP contribution is 2.27. The van der Waals surface area contributed by atoms with E-state index in [1.165, 1.54) is 13.3 Å². The van der Waals surface area contributed by atoms with E-state index in [0.29, 0.717) is 17.9 Å². The van der Waals surface area contributed by atoms with Gasteiger partial charge in [0.1, 0.15) is 0 Å². The molecule has 9 nitrogen and oxygen atoms in total. The lowest BCUT2D eigenvalue weighted by Gasteiger charge is -2.26. The maximum absolute atomic E-state index is 11.7. The highest BCUT2D eigenvalue weighted by Gasteiger charge is 2.13. The third kappa shape index (κ3) is 6.01. The van der Waals surface area contributed by atoms with Gasteiger partial charge in [-0.3, -0.25) is 14.5 Å². The largest absolute Gasteiger partial charge is 0.504 e. The molecule has 1 fully saturated rings. The molecule has 142 valence electrons. The molecule has 0 aromatic heterocycles. The molecule has 0 bridgehead atoms. The van der Waals surface area contributed by atoms with Gasteiger partial charge in [-0.05, 0) is 25.1 Å². The van der Waals surface area contributed by atoms with Crippen LogP contribution in [0.25, 0.3) is 0 Å². The van der Waals surface area contributed by atoms with Crippen LogP contribution >= 0.6 is 0 Å². The fourth-order valence-electron chi connectivity index (χ4n) is 2.43. The summed E-state index contributed by atoms with van der Waals surface area (Å²) in [5.41, 5.74) is 2.48. The smallest absolute Gasteiger partial charge is 0.329 e. The Labute approximate surface area is 152 Å². The first-order chi connectivity index (χ1) is 12.6. The van der Waals surface area contributed by atoms with E-state index < -0.39 is 11.8 Å². The van der Waals surface area contributed by atoms with Gasteiger partial charge in [0.15, 0.2) is 11.5 Å². The predicted molar refractivity (Wildman–Crippen MR) is 95.3 cm³/mol. The maximum atomic E-state index is 11.7. The van der Waals surface area contributed by atoms with Crippen molar-refractivity contribution in [3.63, 3.8) is 0 Å². The van der Waals surface area contributed by atoms with Crippen molar-refractivity contribution in [1.82, 2.24) is 15.6 Å². The molecular formula is C17H24N4O5. The number of phenolic OH excluding ortho intramolecular Hbond substituents is 1. The van der Waals surface area contributed by atoms with Crippen LogP contribution in [-0.2, 0) is 14.3 Å². The number of rotatable bonds is 7. The van der Waals surface area contributed by atoms with Crippen LogP contribution in [0.15, 0.2) is 23.3 Å². The van der Waals surface area contributed by atoms with Crippen molar-refractivity contribution in [2.75, 3.05) is 46.5 Å². The first-order valence-corrected chi connectivity index (χ1v) is 8.39. The second-order valence-corrected chi connectivity index (χ2v) is 5.66. The number of hydrazone groups is 1. The Hall–Kier alpha value is -2.65. The number of phenols is 1. The molecule has 1 saturated heterocycles. The monoisotopic (exact) mass is 364 g/mol. The van der Waals surface area contributed by atoms with E-state index in [1.807, 2.05) is 0 Å². The van der Waals surface area contributed by atoms with Crippen LogP contribution in [0.4, 0.5) is 0 Å². The minimum Gasteiger partial charge on any atom is -0.504 e. The lowest BCUT2D eigenvalue weighted by Crippen LogP contribution is -2.40. The van der Waals surface area contributed by atoms with Crippen LogP contribution in [0.5, 0.6) is 11.5 Å². The van der Waals surface area contributed by atoms with Crippen molar-refractivity contribution in [3.8, 4) is 11.5 Å². The summed E-state index contributed by atoms with van der Waals surface area (Å²) in [5.74, 6) is -1.42. The van der Waals surface area contributed by atoms with Crippen molar-refractivity contribution in [3.05, 3.63) is 23.8 Å². The average molecular weight is 364 g/mol. The van der Waals surface area contributed by atoms with E-state index >= 15 is 0 Å². The van der Waals surface area contributed by atoms with Gasteiger partial charge in [0.2, 0.25) is 0 Å². The summed E-state index contributed by atoms with van der Waals surface area (Å²) in [6.45, 7) is 4.49. The zero-order valence-electron chi connectivity index (χ0n) is 14.7. The van der Waals surface area contributed by atoms with Crippen LogP contribution in [0.1, 0.15) is 12.0 Å². The number of nitrogens with one attached hydrogen (secondary N) is 2. The Morgan fingerprint density at radius 1 is 1.35 bits per heavy atom. The van der Waals surface area contributed by atoms with Crippen LogP contribution < -0.4 is 15.5 Å². The Bertz CT molecular complexity index is 644. The molecule has 0 unspecified atom stereocenters. The number of aromatic hydroxyl groups is 1. The van der Waals surface area contributed by atoms with Gasteiger partial charge in [0, 0.05) is 25.2 Å². The molecule has 2 amide bonds. The number of nitrogens with zero attached hydrogens (tertiary/aromatic N) is 2. The van der Waals surface area contributed by atoms with E-state index in [0.717, 1.165) is 39.3 Å². The summed E-state index contributed by atoms with van der Waals surface area (Å²) in [6, 6.07) is 4.86. The molecule has 1 aliphatic heterocycles. The summed E-state index contributed by atoms with van der Waals surface area (Å²) in [4.78, 5) is 25.6. The highest BCUT2D eigenvalue weighted by atomic mass is 16.5. The number of hydrogen-bond donors (Lipinski definition) is 3. The number of carbonyl (C=O) groups is 2. The molecule has 1 heterocycles. The fraction of sp³-hybridized carbons (Fsp3) is 0.471. The number of methoxy groups -OCH3 is 1. The number of ether oxygens (including phenoxy) is 2. The number of carbonyl (C=O) groups excluding carboxylic acids is 2. The van der Waals surface area contributed by atoms with Gasteiger partial charge in [0.05, 0.1) is 26.5 Å². The lowest BCUT2D eigenvalue weighted by atomic mass is 10.2. The molecule has 9 heteroatoms. The van der Waals surface area contributed by atoms with Crippen molar-refractivity contribution >= 4 is 18.0 Å². The third-order valence-electron chi connectivity index (χ3n) is 3.87. The second-order valence-electron chi connectivity index (χ2n) is 5.66. The van der Waals surface area contributed by atoms with Crippen molar-refractivity contribution < 1.29 is 24.2 Å². The molecular weight excluding hydrogens is 340 g/mol. The SMILES string of the molecule is COc1cccc(/C=N\NC(=O)C(=O)NCCCN2CCOCC2)c1O. The van der Waals surface area contributed by atoms with E-state index in [1.54, 1.807) is 18.2 Å². The van der Waals surface area contributed by atoms with Gasteiger partial charge < -0.3 is 19.9 Å². The average Bonchev–Trinajstić information content (AvgIpc) is 2.67. The molecule has 0 aliphatic carbocycles. The topological polar surface area (TPSA) is 112 Å². The Morgan fingerprint density at radius 3 is 2.85 bits per heavy atom. The first-order valence-electron chi connectivity index (χ1n) is 8.39. The zero-order valence-corrected chi connectivity index (χ0v) is 14.7. The van der Waals surface area contributed by atoms with Crippen molar-refractivity contribution in [1.29, 1.82) is 0 Å². The summed E-state index contributed by atoms with van der Waals surface area (Å²) in [6.07, 6.45) is 1.99. The van der Waals surface area contributed by atoms with E-state index in [4.69, 9.17) is 9.47 Å². The molecule has 2 rings (SSSR count). The summed E-state index contributed by atoms with van der Waals surface area (Å²) in [7, 11) is 1.43. The van der Waals surface area contributed by atoms with Gasteiger partial charge in [-0.2, -0.15) is 5.10 Å². The number of para-hydroxylation sites is 1. The molecule has 26 heavy (non-hydrogen) atoms. The number of benzene rings is 1. The summed E-state index contributed by atoms with van der Waals surface area (Å²) < 4.78 is 10.2. The summed E-state index contributed by atoms with van der Waals surface area (Å²) >= 11 is 0. The van der Waals surface area contributed by atoms with E-state index in [-0.39, 0.29) is 5.75 Å². The zero-order chi connectivity index (χ0) is 18.8. The van der Waals surface area contributed by atoms with E-state index in [2.05, 4.69) is 20.7 Å². The van der Waals surface area contributed by atoms with Crippen LogP contribution in [0.3, 0.4) is 0 Å². The molecule has 1 aromatic rings. The normalized spacial score (nSPS) is 15.0. The maximum Gasteiger partial charge on any atom is 0.329 e. The summed E-state index contributed by atoms with van der Waals surface area (Å²) in [5, 5.41) is 16.1. The molecule has 0 atom stereocenters. The molecule has 0 radical (unpaired) electrons. The minimum absolute atomic E-state index is 0.0967. The Kier molecular flexibility index (Phi) is 7.84. The van der Waals surface area contributed by atoms with Crippen LogP contribution in [-0.4, -0.2) is 74.5 Å². The number of morpholine rings is 1. The van der Waals surface area contributed by atoms with Gasteiger partial charge in [0.25, 0.3) is 0 Å². The predicted octanol–water partition coefficient (Wildman–Crippen LogP) is -0.311. The Morgan fingerprint density at radius 2 is 2.12 bits per heavy atom. The number of amides is 2. The highest BCUT2D eigenvalue weighted by molar-refractivity contribution is 6.35. The fourth-order valence-corrected chi connectivity index (χ4v) is 2.43. The van der Waals surface area contributed by atoms with Crippen LogP contribution in [0.2, 0.25) is 0 Å². The molecule has 3 N–H and O–H groups in total. The van der Waals surface area contributed by atoms with Gasteiger partial charge >= 0.3 is 11.8 Å². The van der Waals surface area contributed by atoms with Gasteiger partial charge in [-0.25, -0.2) is 5.43 Å². The molecule has 1 aromatic carbocycles. The second kappa shape index (κ2) is 10.4. The third-order valence-corrected chi connectivity index (χ3v) is 3.87. The van der Waals surface area contributed by atoms with Crippen molar-refractivity contribution in [2.24, 2.45) is 5.10 Å². The van der Waals surface area contributed by atoms with Gasteiger partial charge in [-0.15, -0.1) is 0 Å². The lowest BCUT2D eigenvalue weighted by molar-refractivity contribution is -0.139. The standard InChI is InChI=1S/C17H24N4O5/c1-25-14-5-2-4-13(15(14)22)12-19-20-17(24)16(23)18-6-3-7-21-8-10-26-11-9-21/h2,4-5,12,22H,3,6-11H2,1H3,(H,18,23)(H,20,24)/b19-12-. The van der Waals surface area contributed by atoms with Gasteiger partial charge in [-0.1, -0.05) is 6.07 Å². The molecule has 1 aliphatic rings.